The highest BCUT2D eigenvalue weighted by Crippen LogP contribution is 2.52. The predicted octanol–water partition coefficient (Wildman–Crippen LogP) is 19.0. The molecule has 0 amide bonds. The molecule has 3 aliphatic carbocycles. The molecule has 12 aromatic rings. The van der Waals surface area contributed by atoms with E-state index in [0.29, 0.717) is 0 Å². The second-order valence-electron chi connectivity index (χ2n) is 19.5. The van der Waals surface area contributed by atoms with E-state index in [1.807, 2.05) is 18.3 Å². The molecule has 2 aromatic heterocycles. The van der Waals surface area contributed by atoms with Crippen molar-refractivity contribution in [1.82, 2.24) is 9.97 Å². The van der Waals surface area contributed by atoms with E-state index in [1.165, 1.54) is 44.5 Å². The third kappa shape index (κ3) is 6.30. The van der Waals surface area contributed by atoms with E-state index in [2.05, 4.69) is 206 Å². The molecule has 0 aliphatic heterocycles. The number of furan rings is 1. The zero-order valence-corrected chi connectivity index (χ0v) is 39.5. The van der Waals surface area contributed by atoms with Gasteiger partial charge in [-0.05, 0) is 126 Å². The first-order valence-corrected chi connectivity index (χ1v) is 25.3. The molecule has 2 heterocycles. The highest BCUT2D eigenvalue weighted by atomic mass is 16.3. The lowest BCUT2D eigenvalue weighted by atomic mass is 9.79. The van der Waals surface area contributed by atoms with Crippen molar-refractivity contribution in [2.24, 2.45) is 0 Å². The van der Waals surface area contributed by atoms with Crippen LogP contribution in [-0.2, 0) is 0 Å². The summed E-state index contributed by atoms with van der Waals surface area (Å²) >= 11 is 0. The molecule has 15 rings (SSSR count). The van der Waals surface area contributed by atoms with E-state index in [9.17, 15) is 1.37 Å². The Hall–Kier alpha value is -8.92. The maximum atomic E-state index is 10.4. The van der Waals surface area contributed by atoms with Crippen LogP contribution in [0, 0.1) is 0 Å². The molecular formula is C69H46N2O. The number of fused-ring (bicyclic) bond motifs is 19. The summed E-state index contributed by atoms with van der Waals surface area (Å²) in [7, 11) is 0. The number of nitrogens with zero attached hydrogens (tertiary/aromatic N) is 2. The first kappa shape index (κ1) is 39.9. The van der Waals surface area contributed by atoms with Crippen LogP contribution in [0.4, 0.5) is 0 Å². The lowest BCUT2D eigenvalue weighted by molar-refractivity contribution is 0.670. The highest BCUT2D eigenvalue weighted by molar-refractivity contribution is 6.11. The lowest BCUT2D eigenvalue weighted by Crippen LogP contribution is -2.05. The molecule has 0 radical (unpaired) electrons. The van der Waals surface area contributed by atoms with Gasteiger partial charge in [0, 0.05) is 34.4 Å². The van der Waals surface area contributed by atoms with Crippen LogP contribution in [0.25, 0.3) is 145 Å². The summed E-state index contributed by atoms with van der Waals surface area (Å²) in [5.41, 5.74) is 26.7. The third-order valence-electron chi connectivity index (χ3n) is 15.6. The van der Waals surface area contributed by atoms with Crippen LogP contribution in [0.5, 0.6) is 0 Å². The Morgan fingerprint density at radius 3 is 1.40 bits per heavy atom. The Labute approximate surface area is 420 Å². The number of rotatable bonds is 4. The molecule has 0 bridgehead atoms. The molecular weight excluding hydrogens is 873 g/mol. The first-order valence-electron chi connectivity index (χ1n) is 25.8. The van der Waals surface area contributed by atoms with Crippen LogP contribution < -0.4 is 0 Å². The molecule has 3 aliphatic rings. The zero-order chi connectivity index (χ0) is 48.2. The average Bonchev–Trinajstić information content (AvgIpc) is 4.08. The summed E-state index contributed by atoms with van der Waals surface area (Å²) < 4.78 is 17.0. The lowest BCUT2D eigenvalue weighted by Gasteiger charge is -2.25. The van der Waals surface area contributed by atoms with Crippen molar-refractivity contribution in [3.05, 3.63) is 230 Å². The summed E-state index contributed by atoms with van der Waals surface area (Å²) in [6, 6.07) is 78.9. The van der Waals surface area contributed by atoms with Crippen molar-refractivity contribution in [3.63, 3.8) is 0 Å². The van der Waals surface area contributed by atoms with Crippen LogP contribution in [0.1, 0.15) is 38.5 Å². The number of benzene rings is 10. The van der Waals surface area contributed by atoms with Gasteiger partial charge in [0.05, 0.1) is 23.3 Å². The Balaban J connectivity index is 0.934. The molecule has 338 valence electrons. The van der Waals surface area contributed by atoms with Crippen molar-refractivity contribution in [2.75, 3.05) is 0 Å². The highest BCUT2D eigenvalue weighted by Gasteiger charge is 2.30. The van der Waals surface area contributed by atoms with Crippen LogP contribution in [-0.4, -0.2) is 9.97 Å². The van der Waals surface area contributed by atoms with E-state index in [0.717, 1.165) is 131 Å². The summed E-state index contributed by atoms with van der Waals surface area (Å²) in [5, 5.41) is 2.22. The van der Waals surface area contributed by atoms with Gasteiger partial charge in [0.1, 0.15) is 11.2 Å². The normalized spacial score (nSPS) is 13.9. The monoisotopic (exact) mass is 919 g/mol. The van der Waals surface area contributed by atoms with Gasteiger partial charge in [-0.15, -0.1) is 0 Å². The first-order chi connectivity index (χ1) is 36.1. The molecule has 0 spiro atoms. The fourth-order valence-electron chi connectivity index (χ4n) is 12.4. The molecule has 0 atom stereocenters. The van der Waals surface area contributed by atoms with Gasteiger partial charge < -0.3 is 4.42 Å². The molecule has 0 N–H and O–H groups in total. The van der Waals surface area contributed by atoms with Gasteiger partial charge in [-0.2, -0.15) is 0 Å². The molecule has 0 saturated heterocycles. The van der Waals surface area contributed by atoms with Gasteiger partial charge in [-0.25, -0.2) is 4.98 Å². The fraction of sp³-hybridized carbons (Fsp3) is 0.0725. The maximum Gasteiger partial charge on any atom is 0.143 e. The minimum atomic E-state index is -0.811. The van der Waals surface area contributed by atoms with E-state index < -0.39 is 5.89 Å². The maximum absolute atomic E-state index is 10.4. The van der Waals surface area contributed by atoms with E-state index in [-0.39, 0.29) is 0 Å². The minimum Gasteiger partial charge on any atom is -0.455 e. The van der Waals surface area contributed by atoms with Crippen molar-refractivity contribution in [3.8, 4) is 123 Å². The van der Waals surface area contributed by atoms with Crippen molar-refractivity contribution in [2.45, 2.75) is 31.6 Å². The van der Waals surface area contributed by atoms with E-state index in [4.69, 9.17) is 14.4 Å². The quantitative estimate of drug-likeness (QED) is 0.177. The van der Waals surface area contributed by atoms with Gasteiger partial charge >= 0.3 is 0 Å². The summed E-state index contributed by atoms with van der Waals surface area (Å²) in [6.07, 6.45) is 5.55. The standard InChI is InChI=1S/C69H46N2O/c1-2-18-42(17-1)66-45(43-35-37-56-51-23-6-5-21-49(51)47-19-3-4-20-48(47)50-22-7-9-26-54(50)62(56)39-43)30-15-33-61(66)64-41-70-67-59-38-36-44(46-31-16-32-60-57-28-13-14-34-65(57)72-69(46)60)40-63(59)55-27-10-8-24-52(55)53-25-11-12-29-58(53)68(67)71-64/h3-16,19-42H,1-2,17-18H2/i42D. The second kappa shape index (κ2) is 16.3. The van der Waals surface area contributed by atoms with Crippen LogP contribution in [0.2, 0.25) is 0 Å². The van der Waals surface area contributed by atoms with Gasteiger partial charge in [0.25, 0.3) is 0 Å². The van der Waals surface area contributed by atoms with Crippen LogP contribution in [0.3, 0.4) is 0 Å². The van der Waals surface area contributed by atoms with Gasteiger partial charge in [0.15, 0.2) is 0 Å². The smallest absolute Gasteiger partial charge is 0.143 e. The molecule has 10 aromatic carbocycles. The molecule has 0 unspecified atom stereocenters. The molecule has 1 saturated carbocycles. The van der Waals surface area contributed by atoms with E-state index in [1.54, 1.807) is 0 Å². The van der Waals surface area contributed by atoms with Crippen molar-refractivity contribution >= 4 is 21.9 Å². The Bertz CT molecular complexity index is 4240. The minimum absolute atomic E-state index is 0.773. The van der Waals surface area contributed by atoms with Gasteiger partial charge in [-0.3, -0.25) is 4.98 Å². The Morgan fingerprint density at radius 1 is 0.361 bits per heavy atom. The molecule has 3 heteroatoms. The number of para-hydroxylation sites is 2. The second-order valence-corrected chi connectivity index (χ2v) is 19.5. The number of aromatic nitrogens is 2. The predicted molar refractivity (Wildman–Crippen MR) is 297 cm³/mol. The summed E-state index contributed by atoms with van der Waals surface area (Å²) in [4.78, 5) is 11.2. The SMILES string of the molecule is [2H]C1(c2c(-c3ccc4c(c3)-c3ccccc3-c3ccccc3-c3ccccc3-4)cccc2-c2cnc3c(n2)-c2ccccc2-c2ccccc2-c2cc(-c4cccc5c4oc4ccccc45)ccc2-3)CCCC1. The molecule has 72 heavy (non-hydrogen) atoms. The van der Waals surface area contributed by atoms with Crippen LogP contribution >= 0.6 is 0 Å². The largest absolute Gasteiger partial charge is 0.455 e. The van der Waals surface area contributed by atoms with Gasteiger partial charge in [-0.1, -0.05) is 213 Å². The third-order valence-corrected chi connectivity index (χ3v) is 15.6. The Kier molecular flexibility index (Phi) is 9.05. The summed E-state index contributed by atoms with van der Waals surface area (Å²) in [6.45, 7) is 0. The average molecular weight is 920 g/mol. The molecule has 1 fully saturated rings. The fourth-order valence-corrected chi connectivity index (χ4v) is 12.4. The number of hydrogen-bond donors (Lipinski definition) is 0. The topological polar surface area (TPSA) is 38.9 Å². The Morgan fingerprint density at radius 2 is 0.778 bits per heavy atom. The van der Waals surface area contributed by atoms with E-state index >= 15 is 0 Å². The summed E-state index contributed by atoms with van der Waals surface area (Å²) in [5.74, 6) is -0.811. The van der Waals surface area contributed by atoms with Crippen molar-refractivity contribution in [1.29, 1.82) is 0 Å². The number of hydrogen-bond acceptors (Lipinski definition) is 3. The van der Waals surface area contributed by atoms with Crippen LogP contribution in [0.15, 0.2) is 229 Å². The van der Waals surface area contributed by atoms with Gasteiger partial charge in [0.2, 0.25) is 0 Å². The van der Waals surface area contributed by atoms with Crippen molar-refractivity contribution < 1.29 is 5.79 Å². The zero-order valence-electron chi connectivity index (χ0n) is 40.5. The molecule has 3 nitrogen and oxygen atoms in total.